The molecule has 7 nitrogen and oxygen atoms in total. The minimum atomic E-state index is -1.05. The number of anilines is 1. The third-order valence-electron chi connectivity index (χ3n) is 5.85. The van der Waals surface area contributed by atoms with Crippen molar-refractivity contribution >= 4 is 33.5 Å². The molecule has 0 radical (unpaired) electrons. The molecule has 1 aromatic carbocycles. The number of aliphatic hydroxyl groups is 1. The van der Waals surface area contributed by atoms with Gasteiger partial charge in [-0.15, -0.1) is 0 Å². The Morgan fingerprint density at radius 3 is 2.77 bits per heavy atom. The number of nitrogens with zero attached hydrogens (tertiary/aromatic N) is 3. The Kier molecular flexibility index (Phi) is 4.66. The predicted octanol–water partition coefficient (Wildman–Crippen LogP) is 4.22. The van der Waals surface area contributed by atoms with Crippen molar-refractivity contribution < 1.29 is 14.3 Å². The molecule has 0 bridgehead atoms. The number of benzene rings is 1. The topological polar surface area (TPSA) is 104 Å². The molecular formula is C23H22FN5O2. The highest BCUT2D eigenvalue weighted by Crippen LogP contribution is 2.37. The number of hydrogen-bond donors (Lipinski definition) is 3. The Morgan fingerprint density at radius 1 is 1.26 bits per heavy atom. The van der Waals surface area contributed by atoms with Crippen LogP contribution in [-0.2, 0) is 4.79 Å². The number of aromatic amines is 1. The first-order chi connectivity index (χ1) is 15.0. The molecule has 3 heterocycles. The quantitative estimate of drug-likeness (QED) is 0.449. The Balaban J connectivity index is 1.58. The largest absolute Gasteiger partial charge is 0.387 e. The summed E-state index contributed by atoms with van der Waals surface area (Å²) >= 11 is 0. The van der Waals surface area contributed by atoms with Gasteiger partial charge in [0.2, 0.25) is 5.91 Å². The predicted molar refractivity (Wildman–Crippen MR) is 116 cm³/mol. The lowest BCUT2D eigenvalue weighted by atomic mass is 9.97. The van der Waals surface area contributed by atoms with Crippen LogP contribution in [0.1, 0.15) is 37.1 Å². The van der Waals surface area contributed by atoms with Gasteiger partial charge in [0.05, 0.1) is 35.1 Å². The van der Waals surface area contributed by atoms with Crippen LogP contribution in [0.2, 0.25) is 0 Å². The number of amides is 1. The average molecular weight is 419 g/mol. The first-order valence-electron chi connectivity index (χ1n) is 10.3. The van der Waals surface area contributed by atoms with E-state index in [4.69, 9.17) is 0 Å². The molecule has 1 aliphatic rings. The molecule has 3 aromatic heterocycles. The summed E-state index contributed by atoms with van der Waals surface area (Å²) in [5.41, 5.74) is 5.06. The molecular weight excluding hydrogens is 397 g/mol. The van der Waals surface area contributed by atoms with Crippen molar-refractivity contribution in [3.63, 3.8) is 0 Å². The second-order valence-corrected chi connectivity index (χ2v) is 8.04. The van der Waals surface area contributed by atoms with E-state index in [1.165, 1.54) is 0 Å². The zero-order valence-electron chi connectivity index (χ0n) is 17.2. The molecule has 0 saturated heterocycles. The van der Waals surface area contributed by atoms with Crippen LogP contribution in [0, 0.1) is 12.8 Å². The average Bonchev–Trinajstić information content (AvgIpc) is 3.30. The molecule has 3 N–H and O–H groups in total. The number of rotatable bonds is 5. The molecule has 3 atom stereocenters. The highest BCUT2D eigenvalue weighted by atomic mass is 19.1. The lowest BCUT2D eigenvalue weighted by Crippen LogP contribution is -2.15. The maximum Gasteiger partial charge on any atom is 0.231 e. The normalized spacial score (nSPS) is 19.0. The van der Waals surface area contributed by atoms with Crippen molar-refractivity contribution in [2.45, 2.75) is 39.0 Å². The number of halogens is 1. The number of aromatic nitrogens is 4. The van der Waals surface area contributed by atoms with Gasteiger partial charge < -0.3 is 15.4 Å². The number of carbonyl (C=O) groups excluding carboxylic acids is 1. The van der Waals surface area contributed by atoms with Crippen molar-refractivity contribution in [3.05, 3.63) is 48.2 Å². The third-order valence-corrected chi connectivity index (χ3v) is 5.85. The third kappa shape index (κ3) is 3.42. The van der Waals surface area contributed by atoms with Crippen LogP contribution in [0.3, 0.4) is 0 Å². The summed E-state index contributed by atoms with van der Waals surface area (Å²) in [6, 6.07) is 5.67. The number of pyridine rings is 2. The number of alkyl halides is 1. The smallest absolute Gasteiger partial charge is 0.231 e. The van der Waals surface area contributed by atoms with Crippen LogP contribution >= 0.6 is 0 Å². The Bertz CT molecular complexity index is 1320. The zero-order valence-corrected chi connectivity index (χ0v) is 17.2. The number of imidazole rings is 1. The number of hydrogen-bond acceptors (Lipinski definition) is 5. The second kappa shape index (κ2) is 7.39. The fourth-order valence-electron chi connectivity index (χ4n) is 3.90. The molecule has 0 unspecified atom stereocenters. The van der Waals surface area contributed by atoms with E-state index in [9.17, 15) is 14.3 Å². The van der Waals surface area contributed by atoms with Gasteiger partial charge in [-0.25, -0.2) is 14.4 Å². The van der Waals surface area contributed by atoms with Gasteiger partial charge in [0.25, 0.3) is 0 Å². The number of carbonyl (C=O) groups is 1. The highest BCUT2D eigenvalue weighted by molar-refractivity contribution is 6.11. The number of nitrogens with one attached hydrogen (secondary N) is 2. The molecule has 1 amide bonds. The van der Waals surface area contributed by atoms with E-state index in [1.54, 1.807) is 24.8 Å². The minimum absolute atomic E-state index is 0.273. The van der Waals surface area contributed by atoms with E-state index in [0.29, 0.717) is 17.9 Å². The molecule has 158 valence electrons. The van der Waals surface area contributed by atoms with Crippen LogP contribution < -0.4 is 5.32 Å². The standard InChI is InChI=1S/C23H22FN5O2/c1-3-19(30)18-4-11(2)16(9-25-18)14-5-12-8-26-20(29-23(31)15-6-17(15)24)7-13(12)21-22(14)28-10-27-21/h4-5,7-10,15,17,19,30H,3,6H2,1-2H3,(H,27,28)(H,26,29,31)/t15-,17+,19+/m0/s1. The number of aryl methyl sites for hydroxylation is 1. The van der Waals surface area contributed by atoms with Gasteiger partial charge >= 0.3 is 0 Å². The maximum absolute atomic E-state index is 13.2. The number of H-pyrrole nitrogens is 1. The molecule has 1 fully saturated rings. The minimum Gasteiger partial charge on any atom is -0.387 e. The molecule has 5 rings (SSSR count). The summed E-state index contributed by atoms with van der Waals surface area (Å²) in [6.07, 6.45) is 4.32. The van der Waals surface area contributed by atoms with Gasteiger partial charge in [-0.3, -0.25) is 9.78 Å². The van der Waals surface area contributed by atoms with E-state index < -0.39 is 18.2 Å². The molecule has 1 aliphatic carbocycles. The van der Waals surface area contributed by atoms with Gasteiger partial charge in [0.15, 0.2) is 0 Å². The van der Waals surface area contributed by atoms with Crippen molar-refractivity contribution in [1.29, 1.82) is 0 Å². The van der Waals surface area contributed by atoms with Crippen molar-refractivity contribution in [2.24, 2.45) is 5.92 Å². The van der Waals surface area contributed by atoms with Gasteiger partial charge in [-0.05, 0) is 43.5 Å². The van der Waals surface area contributed by atoms with E-state index in [-0.39, 0.29) is 12.3 Å². The summed E-state index contributed by atoms with van der Waals surface area (Å²) in [6.45, 7) is 3.90. The van der Waals surface area contributed by atoms with Gasteiger partial charge in [0, 0.05) is 34.3 Å². The lowest BCUT2D eigenvalue weighted by Gasteiger charge is -2.13. The Labute approximate surface area is 177 Å². The summed E-state index contributed by atoms with van der Waals surface area (Å²) < 4.78 is 13.2. The van der Waals surface area contributed by atoms with E-state index in [2.05, 4.69) is 25.3 Å². The summed E-state index contributed by atoms with van der Waals surface area (Å²) in [5.74, 6) is -0.527. The van der Waals surface area contributed by atoms with Crippen molar-refractivity contribution in [1.82, 2.24) is 19.9 Å². The van der Waals surface area contributed by atoms with Crippen LogP contribution in [0.25, 0.3) is 32.9 Å². The van der Waals surface area contributed by atoms with Crippen LogP contribution in [0.4, 0.5) is 10.2 Å². The number of fused-ring (bicyclic) bond motifs is 3. The molecule has 8 heteroatoms. The van der Waals surface area contributed by atoms with E-state index in [1.807, 2.05) is 26.0 Å². The van der Waals surface area contributed by atoms with Crippen LogP contribution in [-0.4, -0.2) is 37.1 Å². The van der Waals surface area contributed by atoms with Gasteiger partial charge in [-0.2, -0.15) is 0 Å². The van der Waals surface area contributed by atoms with E-state index >= 15 is 0 Å². The molecule has 4 aromatic rings. The molecule has 0 aliphatic heterocycles. The highest BCUT2D eigenvalue weighted by Gasteiger charge is 2.43. The fraction of sp³-hybridized carbons (Fsp3) is 0.304. The summed E-state index contributed by atoms with van der Waals surface area (Å²) in [7, 11) is 0. The van der Waals surface area contributed by atoms with Crippen LogP contribution in [0.5, 0.6) is 0 Å². The number of aliphatic hydroxyl groups excluding tert-OH is 1. The monoisotopic (exact) mass is 419 g/mol. The molecule has 1 saturated carbocycles. The van der Waals surface area contributed by atoms with Crippen molar-refractivity contribution in [3.8, 4) is 11.1 Å². The van der Waals surface area contributed by atoms with Crippen molar-refractivity contribution in [2.75, 3.05) is 5.32 Å². The van der Waals surface area contributed by atoms with Crippen LogP contribution in [0.15, 0.2) is 36.9 Å². The van der Waals surface area contributed by atoms with E-state index in [0.717, 1.165) is 38.5 Å². The maximum atomic E-state index is 13.2. The second-order valence-electron chi connectivity index (χ2n) is 8.04. The first kappa shape index (κ1) is 19.6. The zero-order chi connectivity index (χ0) is 21.7. The molecule has 31 heavy (non-hydrogen) atoms. The summed E-state index contributed by atoms with van der Waals surface area (Å²) in [4.78, 5) is 28.6. The van der Waals surface area contributed by atoms with Gasteiger partial charge in [0.1, 0.15) is 12.0 Å². The lowest BCUT2D eigenvalue weighted by molar-refractivity contribution is -0.117. The SMILES string of the molecule is CC[C@@H](O)c1cc(C)c(-c2cc3cnc(NC(=O)[C@H]4C[C@H]4F)cc3c3[nH]cnc23)cn1. The Hall–Kier alpha value is -3.39. The Morgan fingerprint density at radius 2 is 2.06 bits per heavy atom. The first-order valence-corrected chi connectivity index (χ1v) is 10.3. The van der Waals surface area contributed by atoms with Gasteiger partial charge in [-0.1, -0.05) is 6.92 Å². The summed E-state index contributed by atoms with van der Waals surface area (Å²) in [5, 5.41) is 14.5. The molecule has 0 spiro atoms. The fourth-order valence-corrected chi connectivity index (χ4v) is 3.90.